The van der Waals surface area contributed by atoms with Gasteiger partial charge in [0.15, 0.2) is 5.82 Å². The summed E-state index contributed by atoms with van der Waals surface area (Å²) in [6.07, 6.45) is -4.14. The van der Waals surface area contributed by atoms with Crippen molar-refractivity contribution in [2.45, 2.75) is 26.1 Å². The van der Waals surface area contributed by atoms with Gasteiger partial charge in [-0.25, -0.2) is 9.48 Å². The van der Waals surface area contributed by atoms with Crippen LogP contribution in [0.2, 0.25) is 0 Å². The number of carbonyl (C=O) groups is 1. The average molecular weight is 373 g/mol. The maximum Gasteiger partial charge on any atom is 0.416 e. The third-order valence-corrected chi connectivity index (χ3v) is 3.80. The quantitative estimate of drug-likeness (QED) is 0.789. The monoisotopic (exact) mass is 373 g/mol. The highest BCUT2D eigenvalue weighted by Crippen LogP contribution is 2.29. The lowest BCUT2D eigenvalue weighted by molar-refractivity contribution is -0.137. The molecule has 142 valence electrons. The summed E-state index contributed by atoms with van der Waals surface area (Å²) in [7, 11) is 1.53. The molecule has 0 aliphatic heterocycles. The SMILES string of the molecule is Cc1c(NC(=O)N(C)CCCF)nnn1Cc1ccc(C(F)(F)F)cc1. The molecule has 26 heavy (non-hydrogen) atoms. The van der Waals surface area contributed by atoms with E-state index in [0.29, 0.717) is 11.3 Å². The van der Waals surface area contributed by atoms with Gasteiger partial charge < -0.3 is 4.90 Å². The molecule has 0 aliphatic carbocycles. The summed E-state index contributed by atoms with van der Waals surface area (Å²) in [6, 6.07) is 4.30. The molecule has 0 atom stereocenters. The van der Waals surface area contributed by atoms with Crippen molar-refractivity contribution in [2.75, 3.05) is 25.6 Å². The molecule has 1 N–H and O–H groups in total. The van der Waals surface area contributed by atoms with Crippen LogP contribution in [-0.2, 0) is 12.7 Å². The van der Waals surface area contributed by atoms with Crippen molar-refractivity contribution in [3.8, 4) is 0 Å². The topological polar surface area (TPSA) is 63.1 Å². The highest BCUT2D eigenvalue weighted by Gasteiger charge is 2.29. The molecule has 0 radical (unpaired) electrons. The second kappa shape index (κ2) is 8.15. The summed E-state index contributed by atoms with van der Waals surface area (Å²) in [6.45, 7) is 1.65. The summed E-state index contributed by atoms with van der Waals surface area (Å²) in [5.41, 5.74) is 0.446. The molecule has 0 saturated carbocycles. The van der Waals surface area contributed by atoms with Crippen molar-refractivity contribution < 1.29 is 22.4 Å². The maximum absolute atomic E-state index is 12.6. The van der Waals surface area contributed by atoms with Crippen LogP contribution in [0.5, 0.6) is 0 Å². The Bertz CT molecular complexity index is 742. The highest BCUT2D eigenvalue weighted by atomic mass is 19.4. The first-order valence-electron chi connectivity index (χ1n) is 7.86. The van der Waals surface area contributed by atoms with E-state index in [4.69, 9.17) is 0 Å². The van der Waals surface area contributed by atoms with Crippen LogP contribution >= 0.6 is 0 Å². The Morgan fingerprint density at radius 1 is 1.27 bits per heavy atom. The Balaban J connectivity index is 2.03. The van der Waals surface area contributed by atoms with E-state index in [1.807, 2.05) is 0 Å². The summed E-state index contributed by atoms with van der Waals surface area (Å²) < 4.78 is 51.4. The molecular weight excluding hydrogens is 354 g/mol. The second-order valence-corrected chi connectivity index (χ2v) is 5.77. The number of alkyl halides is 4. The van der Waals surface area contributed by atoms with E-state index in [1.54, 1.807) is 6.92 Å². The second-order valence-electron chi connectivity index (χ2n) is 5.77. The van der Waals surface area contributed by atoms with Gasteiger partial charge in [0.2, 0.25) is 0 Å². The molecule has 1 aromatic heterocycles. The summed E-state index contributed by atoms with van der Waals surface area (Å²) >= 11 is 0. The van der Waals surface area contributed by atoms with Gasteiger partial charge in [0.25, 0.3) is 0 Å². The van der Waals surface area contributed by atoms with E-state index < -0.39 is 24.4 Å². The van der Waals surface area contributed by atoms with Crippen molar-refractivity contribution in [3.63, 3.8) is 0 Å². The molecule has 2 amide bonds. The zero-order valence-electron chi connectivity index (χ0n) is 14.3. The standard InChI is InChI=1S/C16H19F4N5O/c1-11-14(21-15(26)24(2)9-3-8-17)22-23-25(11)10-12-4-6-13(7-5-12)16(18,19)20/h4-7H,3,8-10H2,1-2H3,(H,21,26). The molecule has 0 fully saturated rings. The molecule has 0 aliphatic rings. The van der Waals surface area contributed by atoms with Gasteiger partial charge in [-0.2, -0.15) is 13.2 Å². The molecule has 1 heterocycles. The van der Waals surface area contributed by atoms with Crippen LogP contribution < -0.4 is 5.32 Å². The lowest BCUT2D eigenvalue weighted by atomic mass is 10.1. The van der Waals surface area contributed by atoms with Crippen LogP contribution in [0.25, 0.3) is 0 Å². The largest absolute Gasteiger partial charge is 0.416 e. The number of nitrogens with one attached hydrogen (secondary N) is 1. The Hall–Kier alpha value is -2.65. The number of amides is 2. The van der Waals surface area contributed by atoms with Crippen molar-refractivity contribution in [1.82, 2.24) is 19.9 Å². The first-order chi connectivity index (χ1) is 12.2. The minimum absolute atomic E-state index is 0.213. The molecule has 2 aromatic rings. The summed E-state index contributed by atoms with van der Waals surface area (Å²) in [4.78, 5) is 13.3. The lowest BCUT2D eigenvalue weighted by Gasteiger charge is -2.16. The maximum atomic E-state index is 12.6. The number of halogens is 4. The van der Waals surface area contributed by atoms with Crippen LogP contribution in [0, 0.1) is 6.92 Å². The van der Waals surface area contributed by atoms with Crippen molar-refractivity contribution >= 4 is 11.8 Å². The number of anilines is 1. The molecule has 0 saturated heterocycles. The average Bonchev–Trinajstić information content (AvgIpc) is 2.92. The van der Waals surface area contributed by atoms with Gasteiger partial charge in [0, 0.05) is 13.6 Å². The fourth-order valence-corrected chi connectivity index (χ4v) is 2.19. The van der Waals surface area contributed by atoms with Crippen molar-refractivity contribution in [1.29, 1.82) is 0 Å². The van der Waals surface area contributed by atoms with E-state index in [9.17, 15) is 22.4 Å². The third-order valence-electron chi connectivity index (χ3n) is 3.80. The number of hydrogen-bond donors (Lipinski definition) is 1. The number of benzene rings is 1. The zero-order valence-corrected chi connectivity index (χ0v) is 14.3. The molecule has 0 unspecified atom stereocenters. The van der Waals surface area contributed by atoms with Crippen molar-refractivity contribution in [3.05, 3.63) is 41.1 Å². The predicted molar refractivity (Wildman–Crippen MR) is 87.5 cm³/mol. The Morgan fingerprint density at radius 3 is 2.50 bits per heavy atom. The van der Waals surface area contributed by atoms with Gasteiger partial charge >= 0.3 is 12.2 Å². The van der Waals surface area contributed by atoms with Gasteiger partial charge in [-0.1, -0.05) is 17.3 Å². The number of nitrogens with zero attached hydrogens (tertiary/aromatic N) is 4. The number of rotatable bonds is 6. The van der Waals surface area contributed by atoms with Crippen LogP contribution in [0.15, 0.2) is 24.3 Å². The fourth-order valence-electron chi connectivity index (χ4n) is 2.19. The minimum Gasteiger partial charge on any atom is -0.327 e. The molecular formula is C16H19F4N5O. The molecule has 0 bridgehead atoms. The molecule has 6 nitrogen and oxygen atoms in total. The van der Waals surface area contributed by atoms with Gasteiger partial charge in [-0.15, -0.1) is 5.10 Å². The van der Waals surface area contributed by atoms with E-state index in [1.165, 1.54) is 28.8 Å². The third kappa shape index (κ3) is 4.93. The van der Waals surface area contributed by atoms with E-state index in [-0.39, 0.29) is 25.3 Å². The highest BCUT2D eigenvalue weighted by molar-refractivity contribution is 5.88. The summed E-state index contributed by atoms with van der Waals surface area (Å²) in [5, 5.41) is 10.4. The minimum atomic E-state index is -4.38. The number of carbonyl (C=O) groups excluding carboxylic acids is 1. The lowest BCUT2D eigenvalue weighted by Crippen LogP contribution is -2.32. The van der Waals surface area contributed by atoms with Gasteiger partial charge in [-0.3, -0.25) is 9.71 Å². The Labute approximate surface area is 147 Å². The van der Waals surface area contributed by atoms with E-state index >= 15 is 0 Å². The Kier molecular flexibility index (Phi) is 6.17. The fraction of sp³-hybridized carbons (Fsp3) is 0.438. The predicted octanol–water partition coefficient (Wildman–Crippen LogP) is 3.48. The molecule has 2 rings (SSSR count). The summed E-state index contributed by atoms with van der Waals surface area (Å²) in [5.74, 6) is 0.244. The van der Waals surface area contributed by atoms with E-state index in [0.717, 1.165) is 12.1 Å². The zero-order chi connectivity index (χ0) is 19.3. The van der Waals surface area contributed by atoms with E-state index in [2.05, 4.69) is 15.6 Å². The normalized spacial score (nSPS) is 11.5. The first-order valence-corrected chi connectivity index (χ1v) is 7.86. The van der Waals surface area contributed by atoms with Crippen molar-refractivity contribution in [2.24, 2.45) is 0 Å². The molecule has 0 spiro atoms. The van der Waals surface area contributed by atoms with Gasteiger partial charge in [0.05, 0.1) is 24.5 Å². The van der Waals surface area contributed by atoms with Crippen LogP contribution in [-0.4, -0.2) is 46.2 Å². The number of urea groups is 1. The Morgan fingerprint density at radius 2 is 1.92 bits per heavy atom. The van der Waals surface area contributed by atoms with Crippen LogP contribution in [0.4, 0.5) is 28.2 Å². The number of hydrogen-bond acceptors (Lipinski definition) is 3. The molecule has 1 aromatic carbocycles. The van der Waals surface area contributed by atoms with Gasteiger partial charge in [0.1, 0.15) is 0 Å². The number of aromatic nitrogens is 3. The smallest absolute Gasteiger partial charge is 0.327 e. The van der Waals surface area contributed by atoms with Crippen LogP contribution in [0.1, 0.15) is 23.2 Å². The van der Waals surface area contributed by atoms with Gasteiger partial charge in [-0.05, 0) is 31.0 Å². The van der Waals surface area contributed by atoms with Crippen LogP contribution in [0.3, 0.4) is 0 Å². The molecule has 10 heteroatoms. The first kappa shape index (κ1) is 19.7.